The first-order valence-corrected chi connectivity index (χ1v) is 8.57. The van der Waals surface area contributed by atoms with Gasteiger partial charge in [-0.15, -0.1) is 0 Å². The Labute approximate surface area is 131 Å². The second kappa shape index (κ2) is 7.58. The molecular weight excluding hydrogens is 312 g/mol. The highest BCUT2D eigenvalue weighted by Crippen LogP contribution is 2.27. The van der Waals surface area contributed by atoms with Gasteiger partial charge in [-0.3, -0.25) is 0 Å². The third-order valence-corrected chi connectivity index (χ3v) is 5.17. The molecule has 0 saturated heterocycles. The fourth-order valence-electron chi connectivity index (χ4n) is 3.11. The summed E-state index contributed by atoms with van der Waals surface area (Å²) in [4.78, 5) is 2.52. The lowest BCUT2D eigenvalue weighted by Crippen LogP contribution is -2.36. The summed E-state index contributed by atoms with van der Waals surface area (Å²) < 4.78 is 1.11. The number of rotatable bonds is 5. The fourth-order valence-corrected chi connectivity index (χ4v) is 3.53. The lowest BCUT2D eigenvalue weighted by atomic mass is 9.86. The number of benzene rings is 1. The van der Waals surface area contributed by atoms with Crippen LogP contribution in [0.25, 0.3) is 0 Å². The van der Waals surface area contributed by atoms with Gasteiger partial charge >= 0.3 is 0 Å². The van der Waals surface area contributed by atoms with E-state index in [-0.39, 0.29) is 6.04 Å². The summed E-state index contributed by atoms with van der Waals surface area (Å²) in [6, 6.07) is 9.26. The van der Waals surface area contributed by atoms with E-state index in [1.807, 2.05) is 6.07 Å². The summed E-state index contributed by atoms with van der Waals surface area (Å²) in [7, 11) is 2.26. The maximum Gasteiger partial charge on any atom is 0.0307 e. The van der Waals surface area contributed by atoms with Crippen LogP contribution in [0.4, 0.5) is 0 Å². The van der Waals surface area contributed by atoms with Gasteiger partial charge < -0.3 is 10.6 Å². The second-order valence-electron chi connectivity index (χ2n) is 6.34. The van der Waals surface area contributed by atoms with Crippen molar-refractivity contribution in [3.05, 3.63) is 34.3 Å². The summed E-state index contributed by atoms with van der Waals surface area (Å²) in [6.07, 6.45) is 6.49. The van der Waals surface area contributed by atoms with Crippen molar-refractivity contribution < 1.29 is 0 Å². The molecule has 0 aromatic heterocycles. The molecule has 1 aromatic rings. The zero-order valence-electron chi connectivity index (χ0n) is 12.7. The Morgan fingerprint density at radius 2 is 2.00 bits per heavy atom. The molecule has 1 aromatic carbocycles. The molecule has 0 aliphatic heterocycles. The van der Waals surface area contributed by atoms with E-state index in [4.69, 9.17) is 5.73 Å². The van der Waals surface area contributed by atoms with Crippen LogP contribution in [-0.4, -0.2) is 24.5 Å². The Kier molecular flexibility index (Phi) is 6.06. The molecule has 1 atom stereocenters. The molecule has 112 valence electrons. The van der Waals surface area contributed by atoms with Crippen molar-refractivity contribution in [3.8, 4) is 0 Å². The van der Waals surface area contributed by atoms with Crippen LogP contribution in [0.1, 0.15) is 50.6 Å². The lowest BCUT2D eigenvalue weighted by Gasteiger charge is -2.34. The van der Waals surface area contributed by atoms with Crippen molar-refractivity contribution >= 4 is 15.9 Å². The van der Waals surface area contributed by atoms with E-state index < -0.39 is 0 Å². The average Bonchev–Trinajstić information content (AvgIpc) is 2.45. The summed E-state index contributed by atoms with van der Waals surface area (Å²) in [5, 5.41) is 0. The number of nitrogens with two attached hydrogens (primary N) is 1. The summed E-state index contributed by atoms with van der Waals surface area (Å²) >= 11 is 3.51. The molecule has 3 heteroatoms. The first kappa shape index (κ1) is 16.0. The van der Waals surface area contributed by atoms with E-state index in [0.29, 0.717) is 0 Å². The minimum atomic E-state index is 0.137. The van der Waals surface area contributed by atoms with Crippen LogP contribution in [0.15, 0.2) is 28.7 Å². The van der Waals surface area contributed by atoms with Crippen LogP contribution < -0.4 is 5.73 Å². The van der Waals surface area contributed by atoms with E-state index in [1.165, 1.54) is 31.2 Å². The van der Waals surface area contributed by atoms with Crippen LogP contribution in [0.2, 0.25) is 0 Å². The maximum absolute atomic E-state index is 6.32. The van der Waals surface area contributed by atoms with E-state index in [2.05, 4.69) is 53.0 Å². The molecule has 2 N–H and O–H groups in total. The Morgan fingerprint density at radius 1 is 1.30 bits per heavy atom. The smallest absolute Gasteiger partial charge is 0.0307 e. The molecule has 1 unspecified atom stereocenters. The Bertz CT molecular complexity index is 413. The van der Waals surface area contributed by atoms with Crippen molar-refractivity contribution in [3.63, 3.8) is 0 Å². The molecular formula is C17H27BrN2. The van der Waals surface area contributed by atoms with E-state index in [0.717, 1.165) is 29.4 Å². The number of hydrogen-bond acceptors (Lipinski definition) is 2. The quantitative estimate of drug-likeness (QED) is 0.864. The molecule has 2 rings (SSSR count). The third-order valence-electron chi connectivity index (χ3n) is 4.68. The van der Waals surface area contributed by atoms with Crippen LogP contribution in [0.3, 0.4) is 0 Å². The predicted molar refractivity (Wildman–Crippen MR) is 89.7 cm³/mol. The Morgan fingerprint density at radius 3 is 2.65 bits per heavy atom. The summed E-state index contributed by atoms with van der Waals surface area (Å²) in [5.74, 6) is 0.920. The zero-order valence-corrected chi connectivity index (χ0v) is 14.3. The van der Waals surface area contributed by atoms with Gasteiger partial charge in [0, 0.05) is 16.6 Å². The van der Waals surface area contributed by atoms with E-state index >= 15 is 0 Å². The topological polar surface area (TPSA) is 29.3 Å². The van der Waals surface area contributed by atoms with Crippen molar-refractivity contribution in [2.45, 2.75) is 51.1 Å². The largest absolute Gasteiger partial charge is 0.324 e. The first-order chi connectivity index (χ1) is 9.56. The van der Waals surface area contributed by atoms with Crippen molar-refractivity contribution in [2.24, 2.45) is 11.7 Å². The van der Waals surface area contributed by atoms with Crippen LogP contribution in [-0.2, 0) is 0 Å². The maximum atomic E-state index is 6.32. The number of halogens is 1. The van der Waals surface area contributed by atoms with E-state index in [1.54, 1.807) is 0 Å². The van der Waals surface area contributed by atoms with Gasteiger partial charge in [-0.1, -0.05) is 35.0 Å². The molecule has 0 spiro atoms. The van der Waals surface area contributed by atoms with Crippen LogP contribution in [0.5, 0.6) is 0 Å². The van der Waals surface area contributed by atoms with E-state index in [9.17, 15) is 0 Å². The van der Waals surface area contributed by atoms with Crippen LogP contribution in [0, 0.1) is 5.92 Å². The van der Waals surface area contributed by atoms with Crippen molar-refractivity contribution in [1.82, 2.24) is 4.90 Å². The van der Waals surface area contributed by atoms with Gasteiger partial charge in [-0.25, -0.2) is 0 Å². The molecule has 0 amide bonds. The van der Waals surface area contributed by atoms with Gasteiger partial charge in [0.1, 0.15) is 0 Å². The SMILES string of the molecule is CC1CCC(N(C)CCC(N)c2cccc(Br)c2)CC1. The first-order valence-electron chi connectivity index (χ1n) is 7.77. The standard InChI is InChI=1S/C17H27BrN2/c1-13-6-8-16(9-7-13)20(2)11-10-17(19)14-4-3-5-15(18)12-14/h3-5,12-13,16-17H,6-11,19H2,1-2H3. The minimum Gasteiger partial charge on any atom is -0.324 e. The van der Waals surface area contributed by atoms with Gasteiger partial charge in [-0.2, -0.15) is 0 Å². The molecule has 0 bridgehead atoms. The Balaban J connectivity index is 1.79. The highest BCUT2D eigenvalue weighted by atomic mass is 79.9. The summed E-state index contributed by atoms with van der Waals surface area (Å²) in [6.45, 7) is 3.46. The molecule has 1 aliphatic rings. The monoisotopic (exact) mass is 338 g/mol. The Hall–Kier alpha value is -0.380. The molecule has 2 nitrogen and oxygen atoms in total. The van der Waals surface area contributed by atoms with Gasteiger partial charge in [-0.05, 0) is 69.3 Å². The predicted octanol–water partition coefficient (Wildman–Crippen LogP) is 4.35. The normalized spacial score (nSPS) is 24.9. The highest BCUT2D eigenvalue weighted by Gasteiger charge is 2.21. The molecule has 1 aliphatic carbocycles. The molecule has 20 heavy (non-hydrogen) atoms. The minimum absolute atomic E-state index is 0.137. The molecule has 1 saturated carbocycles. The summed E-state index contributed by atoms with van der Waals surface area (Å²) in [5.41, 5.74) is 7.54. The zero-order chi connectivity index (χ0) is 14.5. The van der Waals surface area contributed by atoms with Gasteiger partial charge in [0.2, 0.25) is 0 Å². The molecule has 1 fully saturated rings. The average molecular weight is 339 g/mol. The second-order valence-corrected chi connectivity index (χ2v) is 7.26. The van der Waals surface area contributed by atoms with Gasteiger partial charge in [0.15, 0.2) is 0 Å². The van der Waals surface area contributed by atoms with Gasteiger partial charge in [0.05, 0.1) is 0 Å². The molecule has 0 heterocycles. The van der Waals surface area contributed by atoms with Crippen molar-refractivity contribution in [2.75, 3.05) is 13.6 Å². The lowest BCUT2D eigenvalue weighted by molar-refractivity contribution is 0.166. The number of hydrogen-bond donors (Lipinski definition) is 1. The van der Waals surface area contributed by atoms with Gasteiger partial charge in [0.25, 0.3) is 0 Å². The molecule has 0 radical (unpaired) electrons. The number of nitrogens with zero attached hydrogens (tertiary/aromatic N) is 1. The van der Waals surface area contributed by atoms with Crippen LogP contribution >= 0.6 is 15.9 Å². The highest BCUT2D eigenvalue weighted by molar-refractivity contribution is 9.10. The fraction of sp³-hybridized carbons (Fsp3) is 0.647. The third kappa shape index (κ3) is 4.57. The van der Waals surface area contributed by atoms with Crippen molar-refractivity contribution in [1.29, 1.82) is 0 Å².